The molecule has 0 aliphatic rings. The number of rotatable bonds is 5. The van der Waals surface area contributed by atoms with Gasteiger partial charge in [-0.3, -0.25) is 0 Å². The van der Waals surface area contributed by atoms with Crippen LogP contribution in [-0.4, -0.2) is 6.54 Å². The van der Waals surface area contributed by atoms with Gasteiger partial charge >= 0.3 is 0 Å². The summed E-state index contributed by atoms with van der Waals surface area (Å²) in [5.74, 6) is 1.95. The van der Waals surface area contributed by atoms with E-state index in [1.807, 2.05) is 12.1 Å². The summed E-state index contributed by atoms with van der Waals surface area (Å²) in [7, 11) is 0. The molecule has 0 unspecified atom stereocenters. The van der Waals surface area contributed by atoms with Gasteiger partial charge in [0.1, 0.15) is 11.5 Å². The molecule has 0 spiro atoms. The van der Waals surface area contributed by atoms with Crippen molar-refractivity contribution in [3.8, 4) is 11.3 Å². The van der Waals surface area contributed by atoms with E-state index < -0.39 is 0 Å². The van der Waals surface area contributed by atoms with Crippen molar-refractivity contribution >= 4 is 0 Å². The molecule has 2 nitrogen and oxygen atoms in total. The first-order chi connectivity index (χ1) is 8.70. The number of aryl methyl sites for hydroxylation is 2. The Morgan fingerprint density at radius 2 is 1.89 bits per heavy atom. The first kappa shape index (κ1) is 12.9. The molecule has 0 amide bonds. The average Bonchev–Trinajstić information content (AvgIpc) is 2.82. The predicted molar refractivity (Wildman–Crippen MR) is 75.6 cm³/mol. The van der Waals surface area contributed by atoms with Gasteiger partial charge < -0.3 is 9.73 Å². The molecule has 1 N–H and O–H groups in total. The standard InChI is InChI=1S/C16H21NO/c1-4-9-17-11-15-7-8-16(18-15)14-6-5-12(2)13(3)10-14/h5-8,10,17H,4,9,11H2,1-3H3. The smallest absolute Gasteiger partial charge is 0.134 e. The Morgan fingerprint density at radius 3 is 2.61 bits per heavy atom. The number of nitrogens with one attached hydrogen (secondary N) is 1. The van der Waals surface area contributed by atoms with Gasteiger partial charge in [-0.25, -0.2) is 0 Å². The number of furan rings is 1. The summed E-state index contributed by atoms with van der Waals surface area (Å²) >= 11 is 0. The minimum absolute atomic E-state index is 0.804. The quantitative estimate of drug-likeness (QED) is 0.801. The van der Waals surface area contributed by atoms with Crippen molar-refractivity contribution in [1.82, 2.24) is 5.32 Å². The van der Waals surface area contributed by atoms with Crippen molar-refractivity contribution in [2.24, 2.45) is 0 Å². The molecule has 1 heterocycles. The van der Waals surface area contributed by atoms with Crippen LogP contribution in [0.15, 0.2) is 34.7 Å². The van der Waals surface area contributed by atoms with Crippen LogP contribution in [0.3, 0.4) is 0 Å². The molecule has 1 aromatic heterocycles. The van der Waals surface area contributed by atoms with Crippen LogP contribution in [0.2, 0.25) is 0 Å². The second-order valence-corrected chi connectivity index (χ2v) is 4.74. The minimum atomic E-state index is 0.804. The van der Waals surface area contributed by atoms with Crippen LogP contribution in [0.25, 0.3) is 11.3 Å². The van der Waals surface area contributed by atoms with E-state index in [4.69, 9.17) is 4.42 Å². The second kappa shape index (κ2) is 5.87. The lowest BCUT2D eigenvalue weighted by Crippen LogP contribution is -2.12. The Morgan fingerprint density at radius 1 is 1.06 bits per heavy atom. The molecule has 0 radical (unpaired) electrons. The summed E-state index contributed by atoms with van der Waals surface area (Å²) < 4.78 is 5.85. The number of benzene rings is 1. The Hall–Kier alpha value is -1.54. The van der Waals surface area contributed by atoms with Crippen molar-refractivity contribution < 1.29 is 4.42 Å². The Labute approximate surface area is 109 Å². The van der Waals surface area contributed by atoms with Crippen molar-refractivity contribution in [2.75, 3.05) is 6.54 Å². The van der Waals surface area contributed by atoms with E-state index in [1.165, 1.54) is 11.1 Å². The van der Waals surface area contributed by atoms with E-state index >= 15 is 0 Å². The van der Waals surface area contributed by atoms with Gasteiger partial charge in [0.25, 0.3) is 0 Å². The van der Waals surface area contributed by atoms with Crippen molar-refractivity contribution in [2.45, 2.75) is 33.7 Å². The number of hydrogen-bond acceptors (Lipinski definition) is 2. The molecular weight excluding hydrogens is 222 g/mol. The molecule has 0 fully saturated rings. The first-order valence-corrected chi connectivity index (χ1v) is 6.57. The maximum Gasteiger partial charge on any atom is 0.134 e. The average molecular weight is 243 g/mol. The van der Waals surface area contributed by atoms with Crippen molar-refractivity contribution in [1.29, 1.82) is 0 Å². The molecule has 0 aliphatic carbocycles. The zero-order valence-electron chi connectivity index (χ0n) is 11.4. The predicted octanol–water partition coefficient (Wildman–Crippen LogP) is 4.06. The normalized spacial score (nSPS) is 10.8. The van der Waals surface area contributed by atoms with Gasteiger partial charge in [-0.2, -0.15) is 0 Å². The molecule has 0 saturated carbocycles. The molecular formula is C16H21NO. The maximum absolute atomic E-state index is 5.85. The van der Waals surface area contributed by atoms with Crippen LogP contribution in [0, 0.1) is 13.8 Å². The monoisotopic (exact) mass is 243 g/mol. The SMILES string of the molecule is CCCNCc1ccc(-c2ccc(C)c(C)c2)o1. The molecule has 2 aromatic rings. The topological polar surface area (TPSA) is 25.2 Å². The third kappa shape index (κ3) is 3.02. The van der Waals surface area contributed by atoms with Crippen LogP contribution >= 0.6 is 0 Å². The largest absolute Gasteiger partial charge is 0.460 e. The van der Waals surface area contributed by atoms with Gasteiger partial charge in [0.05, 0.1) is 6.54 Å². The van der Waals surface area contributed by atoms with Gasteiger partial charge in [0.15, 0.2) is 0 Å². The third-order valence-electron chi connectivity index (χ3n) is 3.18. The number of hydrogen-bond donors (Lipinski definition) is 1. The van der Waals surface area contributed by atoms with Gasteiger partial charge in [0, 0.05) is 5.56 Å². The molecule has 0 atom stereocenters. The van der Waals surface area contributed by atoms with E-state index in [2.05, 4.69) is 44.3 Å². The first-order valence-electron chi connectivity index (χ1n) is 6.57. The van der Waals surface area contributed by atoms with Crippen LogP contribution in [-0.2, 0) is 6.54 Å². The molecule has 2 rings (SSSR count). The van der Waals surface area contributed by atoms with Gasteiger partial charge in [0.2, 0.25) is 0 Å². The lowest BCUT2D eigenvalue weighted by molar-refractivity contribution is 0.493. The summed E-state index contributed by atoms with van der Waals surface area (Å²) in [4.78, 5) is 0. The highest BCUT2D eigenvalue weighted by molar-refractivity contribution is 5.59. The summed E-state index contributed by atoms with van der Waals surface area (Å²) in [5.41, 5.74) is 3.77. The molecule has 1 aromatic carbocycles. The fraction of sp³-hybridized carbons (Fsp3) is 0.375. The summed E-state index contributed by atoms with van der Waals surface area (Å²) in [6, 6.07) is 10.5. The van der Waals surface area contributed by atoms with Crippen LogP contribution < -0.4 is 5.32 Å². The van der Waals surface area contributed by atoms with E-state index in [0.29, 0.717) is 0 Å². The molecule has 96 valence electrons. The highest BCUT2D eigenvalue weighted by Crippen LogP contribution is 2.24. The van der Waals surface area contributed by atoms with Gasteiger partial charge in [-0.15, -0.1) is 0 Å². The van der Waals surface area contributed by atoms with Gasteiger partial charge in [-0.1, -0.05) is 19.1 Å². The van der Waals surface area contributed by atoms with Crippen LogP contribution in [0.1, 0.15) is 30.2 Å². The Kier molecular flexibility index (Phi) is 4.21. The molecule has 18 heavy (non-hydrogen) atoms. The lowest BCUT2D eigenvalue weighted by atomic mass is 10.1. The highest BCUT2D eigenvalue weighted by Gasteiger charge is 2.05. The molecule has 0 aliphatic heterocycles. The van der Waals surface area contributed by atoms with E-state index in [1.54, 1.807) is 0 Å². The highest BCUT2D eigenvalue weighted by atomic mass is 16.3. The van der Waals surface area contributed by atoms with Gasteiger partial charge in [-0.05, 0) is 56.1 Å². The minimum Gasteiger partial charge on any atom is -0.460 e. The van der Waals surface area contributed by atoms with Crippen LogP contribution in [0.5, 0.6) is 0 Å². The summed E-state index contributed by atoms with van der Waals surface area (Å²) in [6.45, 7) is 8.25. The summed E-state index contributed by atoms with van der Waals surface area (Å²) in [5, 5.41) is 3.34. The lowest BCUT2D eigenvalue weighted by Gasteiger charge is -2.03. The molecule has 0 bridgehead atoms. The maximum atomic E-state index is 5.85. The molecule has 2 heteroatoms. The van der Waals surface area contributed by atoms with Crippen molar-refractivity contribution in [3.05, 3.63) is 47.2 Å². The van der Waals surface area contributed by atoms with Crippen molar-refractivity contribution in [3.63, 3.8) is 0 Å². The zero-order chi connectivity index (χ0) is 13.0. The van der Waals surface area contributed by atoms with E-state index in [0.717, 1.165) is 36.6 Å². The fourth-order valence-corrected chi connectivity index (χ4v) is 1.91. The second-order valence-electron chi connectivity index (χ2n) is 4.74. The fourth-order valence-electron chi connectivity index (χ4n) is 1.91. The van der Waals surface area contributed by atoms with E-state index in [9.17, 15) is 0 Å². The Bertz CT molecular complexity index is 514. The Balaban J connectivity index is 2.11. The third-order valence-corrected chi connectivity index (χ3v) is 3.18. The zero-order valence-corrected chi connectivity index (χ0v) is 11.4. The van der Waals surface area contributed by atoms with Crippen LogP contribution in [0.4, 0.5) is 0 Å². The molecule has 0 saturated heterocycles. The van der Waals surface area contributed by atoms with E-state index in [-0.39, 0.29) is 0 Å². The summed E-state index contributed by atoms with van der Waals surface area (Å²) in [6.07, 6.45) is 1.14.